The number of nitrogens with zero attached hydrogens (tertiary/aromatic N) is 2. The molecule has 0 unspecified atom stereocenters. The van der Waals surface area contributed by atoms with Crippen molar-refractivity contribution in [1.82, 2.24) is 4.98 Å². The van der Waals surface area contributed by atoms with E-state index in [-0.39, 0.29) is 5.88 Å². The number of rotatable bonds is 3. The first-order valence-corrected chi connectivity index (χ1v) is 8.07. The van der Waals surface area contributed by atoms with Crippen LogP contribution in [0.3, 0.4) is 0 Å². The molecule has 0 atom stereocenters. The predicted molar refractivity (Wildman–Crippen MR) is 91.0 cm³/mol. The van der Waals surface area contributed by atoms with E-state index in [4.69, 9.17) is 9.47 Å². The molecule has 0 spiro atoms. The maximum Gasteiger partial charge on any atom is 0.343 e. The number of carbonyl (C=O) groups excluding carboxylic acids is 1. The molecule has 0 radical (unpaired) electrons. The highest BCUT2D eigenvalue weighted by atomic mass is 79.9. The molecule has 2 aromatic rings. The number of aromatic nitrogens is 1. The largest absolute Gasteiger partial charge is 0.480 e. The van der Waals surface area contributed by atoms with Gasteiger partial charge in [0.25, 0.3) is 0 Å². The lowest BCUT2D eigenvalue weighted by Crippen LogP contribution is -2.31. The molecule has 1 aromatic carbocycles. The fraction of sp³-hybridized carbons (Fsp3) is 0.294. The number of ether oxygens (including phenoxy) is 2. The first-order chi connectivity index (χ1) is 11.1. The number of fused-ring (bicyclic) bond motifs is 1. The lowest BCUT2D eigenvalue weighted by Gasteiger charge is -2.30. The van der Waals surface area contributed by atoms with Crippen molar-refractivity contribution in [2.45, 2.75) is 13.0 Å². The standard InChI is InChI=1S/C17H17BrN2O3/c1-22-16-14(17(21)23-2)5-6-15(19-16)20-8-7-11-9-13(18)4-3-12(11)10-20/h3-6,9H,7-8,10H2,1-2H3. The summed E-state index contributed by atoms with van der Waals surface area (Å²) >= 11 is 3.51. The summed E-state index contributed by atoms with van der Waals surface area (Å²) in [6, 6.07) is 9.88. The second-order valence-corrected chi connectivity index (χ2v) is 6.22. The number of methoxy groups -OCH3 is 2. The van der Waals surface area contributed by atoms with Crippen LogP contribution in [0.15, 0.2) is 34.8 Å². The number of anilines is 1. The van der Waals surface area contributed by atoms with E-state index in [2.05, 4.69) is 44.0 Å². The fourth-order valence-electron chi connectivity index (χ4n) is 2.74. The van der Waals surface area contributed by atoms with E-state index in [1.165, 1.54) is 25.3 Å². The summed E-state index contributed by atoms with van der Waals surface area (Å²) in [5.74, 6) is 0.633. The number of hydrogen-bond acceptors (Lipinski definition) is 5. The van der Waals surface area contributed by atoms with Gasteiger partial charge < -0.3 is 14.4 Å². The van der Waals surface area contributed by atoms with Crippen LogP contribution in [0.2, 0.25) is 0 Å². The number of hydrogen-bond donors (Lipinski definition) is 0. The third-order valence-corrected chi connectivity index (χ3v) is 4.44. The number of benzene rings is 1. The Bertz CT molecular complexity index is 749. The quantitative estimate of drug-likeness (QED) is 0.769. The second-order valence-electron chi connectivity index (χ2n) is 5.30. The normalized spacial score (nSPS) is 13.4. The maximum atomic E-state index is 11.7. The molecule has 0 bridgehead atoms. The van der Waals surface area contributed by atoms with E-state index in [0.717, 1.165) is 29.8 Å². The van der Waals surface area contributed by atoms with Gasteiger partial charge in [-0.25, -0.2) is 4.79 Å². The first kappa shape index (κ1) is 15.8. The van der Waals surface area contributed by atoms with Crippen LogP contribution in [0.1, 0.15) is 21.5 Å². The summed E-state index contributed by atoms with van der Waals surface area (Å²) in [4.78, 5) is 18.4. The summed E-state index contributed by atoms with van der Waals surface area (Å²) in [5, 5.41) is 0. The van der Waals surface area contributed by atoms with E-state index in [0.29, 0.717) is 5.56 Å². The van der Waals surface area contributed by atoms with Crippen molar-refractivity contribution in [3.63, 3.8) is 0 Å². The summed E-state index contributed by atoms with van der Waals surface area (Å²) in [6.45, 7) is 1.66. The second kappa shape index (κ2) is 6.58. The van der Waals surface area contributed by atoms with Gasteiger partial charge >= 0.3 is 5.97 Å². The number of halogens is 1. The molecular weight excluding hydrogens is 360 g/mol. The molecule has 120 valence electrons. The number of esters is 1. The van der Waals surface area contributed by atoms with E-state index < -0.39 is 5.97 Å². The van der Waals surface area contributed by atoms with Gasteiger partial charge in [-0.1, -0.05) is 22.0 Å². The zero-order valence-electron chi connectivity index (χ0n) is 13.0. The lowest BCUT2D eigenvalue weighted by atomic mass is 10.00. The van der Waals surface area contributed by atoms with E-state index >= 15 is 0 Å². The van der Waals surface area contributed by atoms with Crippen molar-refractivity contribution >= 4 is 27.7 Å². The van der Waals surface area contributed by atoms with Gasteiger partial charge in [0.15, 0.2) is 0 Å². The minimum Gasteiger partial charge on any atom is -0.480 e. The maximum absolute atomic E-state index is 11.7. The Balaban J connectivity index is 1.88. The van der Waals surface area contributed by atoms with Gasteiger partial charge in [0.1, 0.15) is 11.4 Å². The minimum absolute atomic E-state index is 0.288. The lowest BCUT2D eigenvalue weighted by molar-refractivity contribution is 0.0596. The molecule has 0 aliphatic carbocycles. The molecule has 0 fully saturated rings. The molecule has 0 N–H and O–H groups in total. The summed E-state index contributed by atoms with van der Waals surface area (Å²) < 4.78 is 11.1. The SMILES string of the molecule is COC(=O)c1ccc(N2CCc3cc(Br)ccc3C2)nc1OC. The fourth-order valence-corrected chi connectivity index (χ4v) is 3.15. The molecule has 2 heterocycles. The van der Waals surface area contributed by atoms with Crippen molar-refractivity contribution in [2.24, 2.45) is 0 Å². The van der Waals surface area contributed by atoms with Crippen molar-refractivity contribution < 1.29 is 14.3 Å². The average molecular weight is 377 g/mol. The summed E-state index contributed by atoms with van der Waals surface area (Å²) in [6.07, 6.45) is 0.956. The van der Waals surface area contributed by atoms with Crippen LogP contribution >= 0.6 is 15.9 Å². The van der Waals surface area contributed by atoms with Gasteiger partial charge in [-0.2, -0.15) is 4.98 Å². The Labute approximate surface area is 143 Å². The Morgan fingerprint density at radius 1 is 1.22 bits per heavy atom. The smallest absolute Gasteiger partial charge is 0.343 e. The van der Waals surface area contributed by atoms with Crippen molar-refractivity contribution in [1.29, 1.82) is 0 Å². The molecule has 1 aromatic heterocycles. The third kappa shape index (κ3) is 3.17. The van der Waals surface area contributed by atoms with E-state index in [9.17, 15) is 4.79 Å². The zero-order valence-corrected chi connectivity index (χ0v) is 14.6. The molecule has 1 aliphatic rings. The van der Waals surface area contributed by atoms with Crippen LogP contribution in [-0.4, -0.2) is 31.7 Å². The molecule has 6 heteroatoms. The first-order valence-electron chi connectivity index (χ1n) is 7.28. The summed E-state index contributed by atoms with van der Waals surface area (Å²) in [5.41, 5.74) is 2.98. The molecule has 1 aliphatic heterocycles. The molecule has 0 saturated carbocycles. The predicted octanol–water partition coefficient (Wildman–Crippen LogP) is 3.20. The van der Waals surface area contributed by atoms with Gasteiger partial charge in [0.05, 0.1) is 14.2 Å². The van der Waals surface area contributed by atoms with E-state index in [1.807, 2.05) is 6.07 Å². The molecular formula is C17H17BrN2O3. The van der Waals surface area contributed by atoms with Gasteiger partial charge in [0, 0.05) is 17.6 Å². The van der Waals surface area contributed by atoms with Crippen molar-refractivity contribution in [2.75, 3.05) is 25.7 Å². The molecule has 23 heavy (non-hydrogen) atoms. The average Bonchev–Trinajstić information content (AvgIpc) is 2.60. The highest BCUT2D eigenvalue weighted by molar-refractivity contribution is 9.10. The zero-order chi connectivity index (χ0) is 16.4. The van der Waals surface area contributed by atoms with Crippen LogP contribution in [0.5, 0.6) is 5.88 Å². The Morgan fingerprint density at radius 2 is 2.04 bits per heavy atom. The van der Waals surface area contributed by atoms with Crippen LogP contribution in [0.25, 0.3) is 0 Å². The Kier molecular flexibility index (Phi) is 4.52. The Morgan fingerprint density at radius 3 is 2.78 bits per heavy atom. The highest BCUT2D eigenvalue weighted by Gasteiger charge is 2.21. The highest BCUT2D eigenvalue weighted by Crippen LogP contribution is 2.28. The molecule has 0 amide bonds. The molecule has 3 rings (SSSR count). The van der Waals surface area contributed by atoms with E-state index in [1.54, 1.807) is 6.07 Å². The molecule has 0 saturated heterocycles. The molecule has 5 nitrogen and oxygen atoms in total. The van der Waals surface area contributed by atoms with Gasteiger partial charge in [-0.15, -0.1) is 0 Å². The number of carbonyl (C=O) groups is 1. The topological polar surface area (TPSA) is 51.7 Å². The van der Waals surface area contributed by atoms with Crippen LogP contribution in [0, 0.1) is 0 Å². The van der Waals surface area contributed by atoms with Crippen molar-refractivity contribution in [3.05, 3.63) is 51.5 Å². The van der Waals surface area contributed by atoms with Crippen LogP contribution < -0.4 is 9.64 Å². The van der Waals surface area contributed by atoms with Gasteiger partial charge in [0.2, 0.25) is 5.88 Å². The van der Waals surface area contributed by atoms with Crippen LogP contribution in [0.4, 0.5) is 5.82 Å². The third-order valence-electron chi connectivity index (χ3n) is 3.95. The minimum atomic E-state index is -0.449. The van der Waals surface area contributed by atoms with Gasteiger partial charge in [-0.3, -0.25) is 0 Å². The monoisotopic (exact) mass is 376 g/mol. The van der Waals surface area contributed by atoms with Crippen molar-refractivity contribution in [3.8, 4) is 5.88 Å². The summed E-state index contributed by atoms with van der Waals surface area (Å²) in [7, 11) is 2.84. The van der Waals surface area contributed by atoms with Gasteiger partial charge in [-0.05, 0) is 41.8 Å². The van der Waals surface area contributed by atoms with Crippen LogP contribution in [-0.2, 0) is 17.7 Å². The Hall–Kier alpha value is -2.08. The number of pyridine rings is 1.